The van der Waals surface area contributed by atoms with E-state index in [-0.39, 0.29) is 30.1 Å². The summed E-state index contributed by atoms with van der Waals surface area (Å²) in [5.74, 6) is 2.04. The van der Waals surface area contributed by atoms with Gasteiger partial charge in [0, 0.05) is 35.4 Å². The summed E-state index contributed by atoms with van der Waals surface area (Å²) in [6, 6.07) is 10.7. The number of nitrogens with zero attached hydrogens (tertiary/aromatic N) is 1. The number of nitrogens with one attached hydrogen (secondary N) is 3. The number of aromatic amines is 2. The quantitative estimate of drug-likeness (QED) is 0.222. The second-order valence-corrected chi connectivity index (χ2v) is 9.43. The molecule has 2 aromatic carbocycles. The first-order valence-electron chi connectivity index (χ1n) is 12.8. The summed E-state index contributed by atoms with van der Waals surface area (Å²) >= 11 is 0. The number of H-pyrrole nitrogens is 2. The number of hydrogen-bond donors (Lipinski definition) is 3. The number of para-hydroxylation sites is 2. The van der Waals surface area contributed by atoms with Crippen LogP contribution in [0.3, 0.4) is 0 Å². The summed E-state index contributed by atoms with van der Waals surface area (Å²) in [6.07, 6.45) is 3.22. The van der Waals surface area contributed by atoms with Crippen molar-refractivity contribution in [1.82, 2.24) is 20.3 Å². The number of methoxy groups -OCH3 is 4. The molecule has 1 aliphatic heterocycles. The molecule has 4 heterocycles. The molecule has 0 saturated heterocycles. The smallest absolute Gasteiger partial charge is 0.183 e. The van der Waals surface area contributed by atoms with E-state index in [1.807, 2.05) is 36.4 Å². The molecule has 1 aliphatic rings. The molecule has 0 aliphatic carbocycles. The summed E-state index contributed by atoms with van der Waals surface area (Å²) in [4.78, 5) is 38.0. The third-order valence-corrected chi connectivity index (χ3v) is 7.39. The van der Waals surface area contributed by atoms with Crippen LogP contribution in [0.4, 0.5) is 0 Å². The van der Waals surface area contributed by atoms with Crippen LogP contribution < -0.4 is 19.5 Å². The van der Waals surface area contributed by atoms with Gasteiger partial charge in [-0.2, -0.15) is 0 Å². The number of benzene rings is 2. The van der Waals surface area contributed by atoms with E-state index in [2.05, 4.69) is 20.3 Å². The Bertz CT molecular complexity index is 1830. The van der Waals surface area contributed by atoms with Crippen LogP contribution in [-0.2, 0) is 9.53 Å². The average Bonchev–Trinajstić information content (AvgIpc) is 3.58. The van der Waals surface area contributed by atoms with Gasteiger partial charge in [-0.3, -0.25) is 9.59 Å². The number of rotatable bonds is 9. The second kappa shape index (κ2) is 9.96. The molecule has 40 heavy (non-hydrogen) atoms. The molecule has 0 amide bonds. The summed E-state index contributed by atoms with van der Waals surface area (Å²) in [6.45, 7) is 0. The van der Waals surface area contributed by atoms with E-state index in [0.717, 1.165) is 32.8 Å². The van der Waals surface area contributed by atoms with E-state index < -0.39 is 6.04 Å². The summed E-state index contributed by atoms with van der Waals surface area (Å²) in [5, 5.41) is 5.62. The minimum atomic E-state index is -0.681. The lowest BCUT2D eigenvalue weighted by Gasteiger charge is -2.23. The zero-order chi connectivity index (χ0) is 28.0. The predicted octanol–water partition coefficient (Wildman–Crippen LogP) is 5.04. The Morgan fingerprint density at radius 2 is 1.48 bits per heavy atom. The molecule has 1 unspecified atom stereocenters. The van der Waals surface area contributed by atoms with Crippen molar-refractivity contribution in [2.75, 3.05) is 28.4 Å². The maximum atomic E-state index is 13.5. The zero-order valence-corrected chi connectivity index (χ0v) is 22.5. The summed E-state index contributed by atoms with van der Waals surface area (Å²) in [7, 11) is 6.33. The molecule has 5 aromatic rings. The minimum absolute atomic E-state index is 0.0113. The van der Waals surface area contributed by atoms with E-state index in [0.29, 0.717) is 34.2 Å². The van der Waals surface area contributed by atoms with Gasteiger partial charge in [0.2, 0.25) is 0 Å². The third kappa shape index (κ3) is 3.83. The first-order chi connectivity index (χ1) is 19.5. The molecule has 10 heteroatoms. The highest BCUT2D eigenvalue weighted by Gasteiger charge is 2.32. The fraction of sp³-hybridized carbons (Fsp3) is 0.233. The molecule has 0 bridgehead atoms. The molecule has 10 nitrogen and oxygen atoms in total. The van der Waals surface area contributed by atoms with Gasteiger partial charge in [-0.15, -0.1) is 0 Å². The van der Waals surface area contributed by atoms with Crippen LogP contribution in [0.15, 0.2) is 48.8 Å². The molecule has 204 valence electrons. The van der Waals surface area contributed by atoms with Crippen LogP contribution in [0.1, 0.15) is 40.6 Å². The third-order valence-electron chi connectivity index (χ3n) is 7.39. The van der Waals surface area contributed by atoms with Crippen molar-refractivity contribution in [2.45, 2.75) is 18.9 Å². The standard InChI is InChI=1S/C30H28N4O6/c1-37-19-9-5-7-15-23-21(39-3)13-31-27(29(23)33-25(15)19)17(35)11-12-18(36)28-30-24(22(40-4)14-32-28)16-8-6-10-20(38-2)26(16)34-30/h5-10,13-14,27,31,33-34H,11-12H2,1-4H3. The van der Waals surface area contributed by atoms with Crippen LogP contribution >= 0.6 is 0 Å². The number of ether oxygens (including phenoxy) is 4. The maximum Gasteiger partial charge on any atom is 0.183 e. The molecule has 6 rings (SSSR count). The highest BCUT2D eigenvalue weighted by atomic mass is 16.5. The van der Waals surface area contributed by atoms with Gasteiger partial charge in [0.15, 0.2) is 11.6 Å². The topological polar surface area (TPSA) is 128 Å². The summed E-state index contributed by atoms with van der Waals surface area (Å²) in [5.41, 5.74) is 3.77. The van der Waals surface area contributed by atoms with Crippen LogP contribution in [0.2, 0.25) is 0 Å². The predicted molar refractivity (Wildman–Crippen MR) is 151 cm³/mol. The monoisotopic (exact) mass is 540 g/mol. The normalized spacial score (nSPS) is 14.5. The van der Waals surface area contributed by atoms with E-state index >= 15 is 0 Å². The molecule has 3 N–H and O–H groups in total. The number of carbonyl (C=O) groups excluding carboxylic acids is 2. The van der Waals surface area contributed by atoms with Gasteiger partial charge in [-0.05, 0) is 12.1 Å². The highest BCUT2D eigenvalue weighted by Crippen LogP contribution is 2.40. The van der Waals surface area contributed by atoms with Crippen LogP contribution in [0, 0.1) is 0 Å². The lowest BCUT2D eigenvalue weighted by Crippen LogP contribution is -2.29. The van der Waals surface area contributed by atoms with Crippen LogP contribution in [-0.4, -0.2) is 55.0 Å². The van der Waals surface area contributed by atoms with E-state index in [9.17, 15) is 9.59 Å². The summed E-state index contributed by atoms with van der Waals surface area (Å²) < 4.78 is 22.2. The number of hydrogen-bond acceptors (Lipinski definition) is 8. The van der Waals surface area contributed by atoms with Crippen molar-refractivity contribution in [1.29, 1.82) is 0 Å². The Morgan fingerprint density at radius 1 is 0.800 bits per heavy atom. The number of aromatic nitrogens is 3. The first kappa shape index (κ1) is 25.3. The van der Waals surface area contributed by atoms with Crippen molar-refractivity contribution >= 4 is 50.0 Å². The second-order valence-electron chi connectivity index (χ2n) is 9.43. The Balaban J connectivity index is 1.31. The van der Waals surface area contributed by atoms with Gasteiger partial charge in [0.05, 0.1) is 62.3 Å². The maximum absolute atomic E-state index is 13.5. The minimum Gasteiger partial charge on any atom is -0.495 e. The highest BCUT2D eigenvalue weighted by molar-refractivity contribution is 6.18. The lowest BCUT2D eigenvalue weighted by atomic mass is 9.96. The SMILES string of the molecule is COC1=CNC(C(=O)CCC(=O)c2ncc(OC)c3c2[nH]c2c(OC)cccc23)c2[nH]c3c(OC)cccc3c21. The van der Waals surface area contributed by atoms with Gasteiger partial charge in [0.1, 0.15) is 34.7 Å². The van der Waals surface area contributed by atoms with E-state index in [1.165, 1.54) is 6.20 Å². The molecule has 0 spiro atoms. The van der Waals surface area contributed by atoms with Crippen molar-refractivity contribution < 1.29 is 28.5 Å². The largest absolute Gasteiger partial charge is 0.495 e. The number of Topliss-reactive ketones (excluding diaryl/α,β-unsaturated/α-hetero) is 2. The van der Waals surface area contributed by atoms with Crippen molar-refractivity contribution in [3.63, 3.8) is 0 Å². The number of pyridine rings is 1. The Kier molecular flexibility index (Phi) is 6.30. The lowest BCUT2D eigenvalue weighted by molar-refractivity contribution is -0.121. The first-order valence-corrected chi connectivity index (χ1v) is 12.8. The van der Waals surface area contributed by atoms with Gasteiger partial charge in [0.25, 0.3) is 0 Å². The number of carbonyl (C=O) groups is 2. The van der Waals surface area contributed by atoms with Crippen molar-refractivity contribution in [2.24, 2.45) is 0 Å². The average molecular weight is 541 g/mol. The molecule has 1 atom stereocenters. The molecule has 0 radical (unpaired) electrons. The van der Waals surface area contributed by atoms with E-state index in [1.54, 1.807) is 34.6 Å². The van der Waals surface area contributed by atoms with Gasteiger partial charge in [-0.1, -0.05) is 24.3 Å². The Labute approximate surface area is 229 Å². The Morgan fingerprint density at radius 3 is 2.15 bits per heavy atom. The molecule has 3 aromatic heterocycles. The molecule has 0 fully saturated rings. The number of fused-ring (bicyclic) bond motifs is 6. The van der Waals surface area contributed by atoms with E-state index in [4.69, 9.17) is 18.9 Å². The fourth-order valence-electron chi connectivity index (χ4n) is 5.50. The van der Waals surface area contributed by atoms with Crippen molar-refractivity contribution in [3.8, 4) is 17.2 Å². The zero-order valence-electron chi connectivity index (χ0n) is 22.5. The molecule has 0 saturated carbocycles. The molecular formula is C30H28N4O6. The number of ketones is 2. The Hall–Kier alpha value is -4.99. The van der Waals surface area contributed by atoms with Crippen LogP contribution in [0.5, 0.6) is 17.2 Å². The van der Waals surface area contributed by atoms with Gasteiger partial charge in [-0.25, -0.2) is 4.98 Å². The van der Waals surface area contributed by atoms with Gasteiger partial charge < -0.3 is 34.2 Å². The van der Waals surface area contributed by atoms with Crippen molar-refractivity contribution in [3.05, 3.63) is 65.7 Å². The van der Waals surface area contributed by atoms with Crippen LogP contribution in [0.25, 0.3) is 38.5 Å². The van der Waals surface area contributed by atoms with Gasteiger partial charge >= 0.3 is 0 Å². The fourth-order valence-corrected chi connectivity index (χ4v) is 5.50. The molecular weight excluding hydrogens is 512 g/mol.